The van der Waals surface area contributed by atoms with Gasteiger partial charge in [-0.15, -0.1) is 23.2 Å². The van der Waals surface area contributed by atoms with Gasteiger partial charge in [-0.3, -0.25) is 0 Å². The van der Waals surface area contributed by atoms with Gasteiger partial charge in [0.1, 0.15) is 0 Å². The molecule has 0 saturated heterocycles. The predicted octanol–water partition coefficient (Wildman–Crippen LogP) is 3.95. The molecule has 74 valence electrons. The molecule has 2 unspecified atom stereocenters. The zero-order valence-corrected chi connectivity index (χ0v) is 9.37. The number of hydrogen-bond donors (Lipinski definition) is 0. The molecule has 3 fully saturated rings. The molecule has 0 bridgehead atoms. The van der Waals surface area contributed by atoms with Crippen molar-refractivity contribution in [2.45, 2.75) is 55.7 Å². The lowest BCUT2D eigenvalue weighted by Gasteiger charge is -2.13. The first kappa shape index (κ1) is 8.85. The summed E-state index contributed by atoms with van der Waals surface area (Å²) in [5.41, 5.74) is 0.967. The van der Waals surface area contributed by atoms with Gasteiger partial charge in [-0.2, -0.15) is 0 Å². The third-order valence-electron chi connectivity index (χ3n) is 4.80. The lowest BCUT2D eigenvalue weighted by Crippen LogP contribution is -2.08. The van der Waals surface area contributed by atoms with Gasteiger partial charge >= 0.3 is 0 Å². The van der Waals surface area contributed by atoms with Crippen molar-refractivity contribution < 1.29 is 0 Å². The van der Waals surface area contributed by atoms with Crippen LogP contribution in [0, 0.1) is 10.8 Å². The molecule has 0 heterocycles. The fourth-order valence-corrected chi connectivity index (χ4v) is 5.49. The number of rotatable bonds is 0. The zero-order valence-electron chi connectivity index (χ0n) is 7.86. The summed E-state index contributed by atoms with van der Waals surface area (Å²) in [6, 6.07) is 0. The fraction of sp³-hybridized carbons (Fsp3) is 1.00. The molecule has 0 nitrogen and oxygen atoms in total. The second-order valence-electron chi connectivity index (χ2n) is 5.24. The lowest BCUT2D eigenvalue weighted by atomic mass is 9.92. The Balaban J connectivity index is 1.93. The van der Waals surface area contributed by atoms with E-state index in [1.165, 1.54) is 44.9 Å². The predicted molar refractivity (Wildman–Crippen MR) is 56.5 cm³/mol. The summed E-state index contributed by atoms with van der Waals surface area (Å²) < 4.78 is 0. The Hall–Kier alpha value is 0.580. The molecule has 13 heavy (non-hydrogen) atoms. The summed E-state index contributed by atoms with van der Waals surface area (Å²) in [6.07, 6.45) is 9.28. The minimum Gasteiger partial charge on any atom is -0.123 e. The maximum Gasteiger partial charge on any atom is 0.0461 e. The van der Waals surface area contributed by atoms with E-state index in [0.717, 1.165) is 0 Å². The van der Waals surface area contributed by atoms with Crippen LogP contribution in [0.5, 0.6) is 0 Å². The van der Waals surface area contributed by atoms with Crippen molar-refractivity contribution in [2.24, 2.45) is 10.8 Å². The Kier molecular flexibility index (Phi) is 1.76. The lowest BCUT2D eigenvalue weighted by molar-refractivity contribution is 0.367. The summed E-state index contributed by atoms with van der Waals surface area (Å²) in [7, 11) is 0. The van der Waals surface area contributed by atoms with E-state index in [0.29, 0.717) is 21.6 Å². The van der Waals surface area contributed by atoms with Crippen LogP contribution in [0.25, 0.3) is 0 Å². The third kappa shape index (κ3) is 0.899. The van der Waals surface area contributed by atoms with Crippen LogP contribution in [-0.4, -0.2) is 10.8 Å². The number of alkyl halides is 2. The highest BCUT2D eigenvalue weighted by Gasteiger charge is 2.78. The molecule has 0 spiro atoms. The molecule has 0 N–H and O–H groups in total. The highest BCUT2D eigenvalue weighted by molar-refractivity contribution is 6.26. The number of halogens is 2. The summed E-state index contributed by atoms with van der Waals surface area (Å²) in [5.74, 6) is 0. The maximum atomic E-state index is 6.49. The highest BCUT2D eigenvalue weighted by Crippen LogP contribution is 2.80. The van der Waals surface area contributed by atoms with Crippen molar-refractivity contribution in [2.75, 3.05) is 0 Å². The van der Waals surface area contributed by atoms with Gasteiger partial charge in [0, 0.05) is 10.8 Å². The van der Waals surface area contributed by atoms with E-state index in [1.54, 1.807) is 0 Å². The van der Waals surface area contributed by atoms with Crippen LogP contribution >= 0.6 is 23.2 Å². The van der Waals surface area contributed by atoms with E-state index in [2.05, 4.69) is 0 Å². The van der Waals surface area contributed by atoms with Crippen molar-refractivity contribution in [3.63, 3.8) is 0 Å². The molecule has 3 saturated carbocycles. The fourth-order valence-electron chi connectivity index (χ4n) is 4.17. The average molecular weight is 219 g/mol. The largest absolute Gasteiger partial charge is 0.123 e. The van der Waals surface area contributed by atoms with Crippen LogP contribution in [0.2, 0.25) is 0 Å². The van der Waals surface area contributed by atoms with Crippen molar-refractivity contribution in [1.29, 1.82) is 0 Å². The minimum atomic E-state index is 0.424. The van der Waals surface area contributed by atoms with E-state index in [1.807, 2.05) is 0 Å². The van der Waals surface area contributed by atoms with Crippen molar-refractivity contribution in [1.82, 2.24) is 0 Å². The SMILES string of the molecule is ClC1CC23CCCCCC2(C1)C3Cl. The van der Waals surface area contributed by atoms with Crippen LogP contribution < -0.4 is 0 Å². The van der Waals surface area contributed by atoms with Crippen LogP contribution in [-0.2, 0) is 0 Å². The smallest absolute Gasteiger partial charge is 0.0461 e. The van der Waals surface area contributed by atoms with Gasteiger partial charge in [0.15, 0.2) is 0 Å². The first-order valence-electron chi connectivity index (χ1n) is 5.49. The molecule has 0 aromatic carbocycles. The molecule has 0 amide bonds. The van der Waals surface area contributed by atoms with Gasteiger partial charge in [0.05, 0.1) is 0 Å². The summed E-state index contributed by atoms with van der Waals surface area (Å²) in [5, 5.41) is 0.892. The van der Waals surface area contributed by atoms with E-state index < -0.39 is 0 Å². The quantitative estimate of drug-likeness (QED) is 0.541. The molecule has 3 aliphatic rings. The first-order chi connectivity index (χ1) is 6.21. The topological polar surface area (TPSA) is 0 Å². The molecule has 0 radical (unpaired) electrons. The second-order valence-corrected chi connectivity index (χ2v) is 6.29. The van der Waals surface area contributed by atoms with Gasteiger partial charge in [0.2, 0.25) is 0 Å². The Morgan fingerprint density at radius 2 is 1.38 bits per heavy atom. The summed E-state index contributed by atoms with van der Waals surface area (Å²) in [4.78, 5) is 0. The monoisotopic (exact) mass is 218 g/mol. The van der Waals surface area contributed by atoms with E-state index >= 15 is 0 Å². The van der Waals surface area contributed by atoms with Gasteiger partial charge in [-0.25, -0.2) is 0 Å². The normalized spacial score (nSPS) is 59.5. The third-order valence-corrected chi connectivity index (χ3v) is 5.94. The van der Waals surface area contributed by atoms with Gasteiger partial charge in [-0.1, -0.05) is 19.3 Å². The standard InChI is InChI=1S/C11H16Cl2/c12-8-6-10-4-2-1-3-5-11(10,7-8)9(10)13/h8-9H,1-7H2. The Bertz CT molecular complexity index is 218. The molecule has 0 aromatic rings. The van der Waals surface area contributed by atoms with Crippen LogP contribution in [0.3, 0.4) is 0 Å². The minimum absolute atomic E-state index is 0.424. The molecule has 2 heteroatoms. The Morgan fingerprint density at radius 3 is 1.92 bits per heavy atom. The molecular formula is C11H16Cl2. The van der Waals surface area contributed by atoms with Crippen LogP contribution in [0.4, 0.5) is 0 Å². The molecule has 0 aromatic heterocycles. The zero-order chi connectivity index (χ0) is 9.10. The van der Waals surface area contributed by atoms with E-state index in [-0.39, 0.29) is 0 Å². The highest BCUT2D eigenvalue weighted by atomic mass is 35.5. The van der Waals surface area contributed by atoms with E-state index in [9.17, 15) is 0 Å². The molecule has 3 aliphatic carbocycles. The van der Waals surface area contributed by atoms with Gasteiger partial charge in [0.25, 0.3) is 0 Å². The molecule has 3 rings (SSSR count). The van der Waals surface area contributed by atoms with E-state index in [4.69, 9.17) is 23.2 Å². The molecular weight excluding hydrogens is 203 g/mol. The maximum absolute atomic E-state index is 6.49. The van der Waals surface area contributed by atoms with Crippen LogP contribution in [0.1, 0.15) is 44.9 Å². The summed E-state index contributed by atoms with van der Waals surface area (Å²) in [6.45, 7) is 0. The summed E-state index contributed by atoms with van der Waals surface area (Å²) >= 11 is 12.7. The van der Waals surface area contributed by atoms with Crippen molar-refractivity contribution >= 4 is 23.2 Å². The van der Waals surface area contributed by atoms with Crippen molar-refractivity contribution in [3.05, 3.63) is 0 Å². The molecule has 0 aliphatic heterocycles. The Morgan fingerprint density at radius 1 is 0.846 bits per heavy atom. The average Bonchev–Trinajstić information content (AvgIpc) is 2.45. The number of hydrogen-bond acceptors (Lipinski definition) is 0. The van der Waals surface area contributed by atoms with Crippen LogP contribution in [0.15, 0.2) is 0 Å². The van der Waals surface area contributed by atoms with Gasteiger partial charge in [-0.05, 0) is 36.5 Å². The van der Waals surface area contributed by atoms with Crippen molar-refractivity contribution in [3.8, 4) is 0 Å². The second kappa shape index (κ2) is 2.58. The van der Waals surface area contributed by atoms with Gasteiger partial charge < -0.3 is 0 Å². The molecule has 2 atom stereocenters. The first-order valence-corrected chi connectivity index (χ1v) is 6.37. The Labute approximate surface area is 90.0 Å².